The molecule has 0 fully saturated rings. The highest BCUT2D eigenvalue weighted by molar-refractivity contribution is 5.69. The Kier molecular flexibility index (Phi) is 5.19. The second-order valence-corrected chi connectivity index (χ2v) is 4.61. The van der Waals surface area contributed by atoms with Gasteiger partial charge in [0.1, 0.15) is 6.54 Å². The van der Waals surface area contributed by atoms with Gasteiger partial charge in [0.05, 0.1) is 23.7 Å². The number of nitrogens with two attached hydrogens (primary N) is 1. The molecule has 0 saturated heterocycles. The molecular weight excluding hydrogens is 230 g/mol. The first-order chi connectivity index (χ1) is 8.49. The highest BCUT2D eigenvalue weighted by Crippen LogP contribution is 2.14. The summed E-state index contributed by atoms with van der Waals surface area (Å²) in [5, 5.41) is 4.21. The molecule has 0 saturated carbocycles. The van der Waals surface area contributed by atoms with Crippen LogP contribution in [0.2, 0.25) is 0 Å². The Morgan fingerprint density at radius 2 is 2.00 bits per heavy atom. The number of carbonyl (C=O) groups is 1. The van der Waals surface area contributed by atoms with Crippen molar-refractivity contribution in [1.82, 2.24) is 9.78 Å². The number of rotatable bonds is 6. The number of carbonyl (C=O) groups excluding carboxylic acids is 1. The first-order valence-electron chi connectivity index (χ1n) is 6.44. The molecule has 1 rings (SSSR count). The molecule has 1 aromatic heterocycles. The van der Waals surface area contributed by atoms with Gasteiger partial charge in [-0.2, -0.15) is 5.10 Å². The summed E-state index contributed by atoms with van der Waals surface area (Å²) in [4.78, 5) is 11.7. The first-order valence-corrected chi connectivity index (χ1v) is 6.44. The van der Waals surface area contributed by atoms with Crippen LogP contribution in [0.15, 0.2) is 0 Å². The quantitative estimate of drug-likeness (QED) is 0.788. The van der Waals surface area contributed by atoms with Crippen LogP contribution in [0.1, 0.15) is 38.1 Å². The molecule has 0 amide bonds. The average molecular weight is 253 g/mol. The lowest BCUT2D eigenvalue weighted by atomic mass is 10.1. The van der Waals surface area contributed by atoms with Gasteiger partial charge in [0, 0.05) is 0 Å². The minimum absolute atomic E-state index is 0.129. The molecule has 5 heteroatoms. The minimum atomic E-state index is -0.257. The van der Waals surface area contributed by atoms with Gasteiger partial charge in [-0.25, -0.2) is 0 Å². The van der Waals surface area contributed by atoms with Crippen LogP contribution in [-0.2, 0) is 16.1 Å². The van der Waals surface area contributed by atoms with E-state index in [0.29, 0.717) is 18.2 Å². The maximum absolute atomic E-state index is 11.7. The Balaban J connectivity index is 2.52. The van der Waals surface area contributed by atoms with Gasteiger partial charge in [-0.1, -0.05) is 26.7 Å². The van der Waals surface area contributed by atoms with E-state index in [9.17, 15) is 4.79 Å². The standard InChI is InChI=1S/C13H23N3O2/c1-5-11(6-2)8-18-12(17)7-16-10(4)13(14)9(3)15-16/h11H,5-8,14H2,1-4H3. The third-order valence-electron chi connectivity index (χ3n) is 3.35. The highest BCUT2D eigenvalue weighted by atomic mass is 16.5. The number of nitrogens with zero attached hydrogens (tertiary/aromatic N) is 2. The molecule has 102 valence electrons. The number of nitrogen functional groups attached to an aromatic ring is 1. The molecule has 1 heterocycles. The lowest BCUT2D eigenvalue weighted by Gasteiger charge is -2.12. The molecule has 0 bridgehead atoms. The van der Waals surface area contributed by atoms with Crippen molar-refractivity contribution in [3.05, 3.63) is 11.4 Å². The van der Waals surface area contributed by atoms with Gasteiger partial charge < -0.3 is 10.5 Å². The molecule has 2 N–H and O–H groups in total. The fourth-order valence-electron chi connectivity index (χ4n) is 1.77. The first kappa shape index (κ1) is 14.5. The molecule has 0 aliphatic carbocycles. The monoisotopic (exact) mass is 253 g/mol. The predicted octanol–water partition coefficient (Wildman–Crippen LogP) is 2.06. The minimum Gasteiger partial charge on any atom is -0.464 e. The Morgan fingerprint density at radius 1 is 1.39 bits per heavy atom. The van der Waals surface area contributed by atoms with Crippen molar-refractivity contribution in [2.45, 2.75) is 47.1 Å². The van der Waals surface area contributed by atoms with E-state index in [1.807, 2.05) is 13.8 Å². The number of aromatic nitrogens is 2. The summed E-state index contributed by atoms with van der Waals surface area (Å²) in [6.45, 7) is 8.50. The molecular formula is C13H23N3O2. The maximum Gasteiger partial charge on any atom is 0.327 e. The second kappa shape index (κ2) is 6.42. The molecule has 1 aromatic rings. The van der Waals surface area contributed by atoms with Crippen molar-refractivity contribution in [3.8, 4) is 0 Å². The number of hydrogen-bond acceptors (Lipinski definition) is 4. The topological polar surface area (TPSA) is 70.1 Å². The van der Waals surface area contributed by atoms with E-state index in [0.717, 1.165) is 24.2 Å². The predicted molar refractivity (Wildman–Crippen MR) is 71.1 cm³/mol. The molecule has 0 aliphatic heterocycles. The summed E-state index contributed by atoms with van der Waals surface area (Å²) in [6, 6.07) is 0. The fourth-order valence-corrected chi connectivity index (χ4v) is 1.77. The van der Waals surface area contributed by atoms with Crippen molar-refractivity contribution < 1.29 is 9.53 Å². The van der Waals surface area contributed by atoms with E-state index in [-0.39, 0.29) is 12.5 Å². The third kappa shape index (κ3) is 3.48. The van der Waals surface area contributed by atoms with E-state index in [4.69, 9.17) is 10.5 Å². The van der Waals surface area contributed by atoms with Gasteiger partial charge in [-0.3, -0.25) is 9.48 Å². The van der Waals surface area contributed by atoms with E-state index in [1.165, 1.54) is 0 Å². The zero-order valence-corrected chi connectivity index (χ0v) is 11.7. The largest absolute Gasteiger partial charge is 0.464 e. The summed E-state index contributed by atoms with van der Waals surface area (Å²) < 4.78 is 6.85. The van der Waals surface area contributed by atoms with Gasteiger partial charge in [0.25, 0.3) is 0 Å². The average Bonchev–Trinajstić information content (AvgIpc) is 2.58. The van der Waals surface area contributed by atoms with Gasteiger partial charge in [-0.15, -0.1) is 0 Å². The number of ether oxygens (including phenoxy) is 1. The summed E-state index contributed by atoms with van der Waals surface area (Å²) in [6.07, 6.45) is 2.05. The van der Waals surface area contributed by atoms with Crippen molar-refractivity contribution >= 4 is 11.7 Å². The normalized spacial score (nSPS) is 10.9. The van der Waals surface area contributed by atoms with Crippen LogP contribution in [0.5, 0.6) is 0 Å². The number of aryl methyl sites for hydroxylation is 1. The highest BCUT2D eigenvalue weighted by Gasteiger charge is 2.13. The van der Waals surface area contributed by atoms with E-state index in [2.05, 4.69) is 18.9 Å². The van der Waals surface area contributed by atoms with Crippen LogP contribution in [0.4, 0.5) is 5.69 Å². The van der Waals surface area contributed by atoms with Crippen LogP contribution in [-0.4, -0.2) is 22.4 Å². The van der Waals surface area contributed by atoms with E-state index in [1.54, 1.807) is 4.68 Å². The molecule has 0 aliphatic rings. The Hall–Kier alpha value is -1.52. The van der Waals surface area contributed by atoms with Gasteiger partial charge in [-0.05, 0) is 19.8 Å². The molecule has 0 radical (unpaired) electrons. The van der Waals surface area contributed by atoms with Crippen LogP contribution in [0.3, 0.4) is 0 Å². The van der Waals surface area contributed by atoms with Crippen LogP contribution < -0.4 is 5.73 Å². The van der Waals surface area contributed by atoms with Crippen molar-refractivity contribution in [2.24, 2.45) is 5.92 Å². The lowest BCUT2D eigenvalue weighted by molar-refractivity contribution is -0.146. The van der Waals surface area contributed by atoms with Gasteiger partial charge >= 0.3 is 5.97 Å². The molecule has 18 heavy (non-hydrogen) atoms. The number of esters is 1. The smallest absolute Gasteiger partial charge is 0.327 e. The van der Waals surface area contributed by atoms with Crippen LogP contribution in [0.25, 0.3) is 0 Å². The third-order valence-corrected chi connectivity index (χ3v) is 3.35. The SMILES string of the molecule is CCC(CC)COC(=O)Cn1nc(C)c(N)c1C. The molecule has 0 atom stereocenters. The number of hydrogen-bond donors (Lipinski definition) is 1. The van der Waals surface area contributed by atoms with E-state index >= 15 is 0 Å². The Bertz CT molecular complexity index is 409. The van der Waals surface area contributed by atoms with Crippen molar-refractivity contribution in [1.29, 1.82) is 0 Å². The fraction of sp³-hybridized carbons (Fsp3) is 0.692. The molecule has 5 nitrogen and oxygen atoms in total. The number of anilines is 1. The Morgan fingerprint density at radius 3 is 2.44 bits per heavy atom. The Labute approximate surface area is 108 Å². The lowest BCUT2D eigenvalue weighted by Crippen LogP contribution is -2.19. The molecule has 0 spiro atoms. The van der Waals surface area contributed by atoms with Gasteiger partial charge in [0.2, 0.25) is 0 Å². The van der Waals surface area contributed by atoms with Crippen molar-refractivity contribution in [2.75, 3.05) is 12.3 Å². The summed E-state index contributed by atoms with van der Waals surface area (Å²) in [5.41, 5.74) is 8.01. The molecule has 0 unspecified atom stereocenters. The summed E-state index contributed by atoms with van der Waals surface area (Å²) in [5.74, 6) is 0.187. The van der Waals surface area contributed by atoms with Crippen LogP contribution in [0, 0.1) is 19.8 Å². The summed E-state index contributed by atoms with van der Waals surface area (Å²) >= 11 is 0. The zero-order chi connectivity index (χ0) is 13.7. The van der Waals surface area contributed by atoms with Gasteiger partial charge in [0.15, 0.2) is 0 Å². The van der Waals surface area contributed by atoms with Crippen LogP contribution >= 0.6 is 0 Å². The second-order valence-electron chi connectivity index (χ2n) is 4.61. The van der Waals surface area contributed by atoms with E-state index < -0.39 is 0 Å². The van der Waals surface area contributed by atoms with Crippen molar-refractivity contribution in [3.63, 3.8) is 0 Å². The summed E-state index contributed by atoms with van der Waals surface area (Å²) in [7, 11) is 0. The zero-order valence-electron chi connectivity index (χ0n) is 11.7. The molecule has 0 aromatic carbocycles. The maximum atomic E-state index is 11.7.